The van der Waals surface area contributed by atoms with E-state index < -0.39 is 23.6 Å². The SMILES string of the molecule is CN(C(=O)OC(C)(C)C)C(C=O)c1cccc(Cl)c1F. The highest BCUT2D eigenvalue weighted by atomic mass is 35.5. The van der Waals surface area contributed by atoms with Crippen LogP contribution in [0, 0.1) is 5.82 Å². The Hall–Kier alpha value is -1.62. The van der Waals surface area contributed by atoms with E-state index in [4.69, 9.17) is 16.3 Å². The standard InChI is InChI=1S/C14H17ClFNO3/c1-14(2,3)20-13(19)17(4)11(8-18)9-6-5-7-10(15)12(9)16/h5-8,11H,1-4H3. The van der Waals surface area contributed by atoms with Crippen molar-refractivity contribution in [3.8, 4) is 0 Å². The number of likely N-dealkylation sites (N-methyl/N-ethyl adjacent to an activating group) is 1. The first-order valence-corrected chi connectivity index (χ1v) is 6.40. The minimum absolute atomic E-state index is 0.0286. The van der Waals surface area contributed by atoms with Gasteiger partial charge in [-0.2, -0.15) is 0 Å². The fourth-order valence-corrected chi connectivity index (χ4v) is 1.75. The predicted octanol–water partition coefficient (Wildman–Crippen LogP) is 3.59. The van der Waals surface area contributed by atoms with Gasteiger partial charge in [0.25, 0.3) is 0 Å². The van der Waals surface area contributed by atoms with Gasteiger partial charge in [-0.05, 0) is 26.8 Å². The second-order valence-electron chi connectivity index (χ2n) is 5.32. The molecule has 6 heteroatoms. The van der Waals surface area contributed by atoms with E-state index in [2.05, 4.69) is 0 Å². The number of benzene rings is 1. The largest absolute Gasteiger partial charge is 0.444 e. The monoisotopic (exact) mass is 301 g/mol. The van der Waals surface area contributed by atoms with Gasteiger partial charge < -0.3 is 9.53 Å². The van der Waals surface area contributed by atoms with E-state index >= 15 is 0 Å². The Labute approximate surface area is 122 Å². The molecule has 1 atom stereocenters. The molecule has 0 spiro atoms. The summed E-state index contributed by atoms with van der Waals surface area (Å²) in [6.07, 6.45) is -0.243. The van der Waals surface area contributed by atoms with E-state index in [9.17, 15) is 14.0 Å². The zero-order valence-electron chi connectivity index (χ0n) is 11.8. The lowest BCUT2D eigenvalue weighted by Crippen LogP contribution is -2.37. The summed E-state index contributed by atoms with van der Waals surface area (Å²) in [6, 6.07) is 3.19. The first kappa shape index (κ1) is 16.4. The van der Waals surface area contributed by atoms with Crippen molar-refractivity contribution in [1.29, 1.82) is 0 Å². The number of amides is 1. The second-order valence-corrected chi connectivity index (χ2v) is 5.72. The van der Waals surface area contributed by atoms with Gasteiger partial charge in [0.15, 0.2) is 0 Å². The van der Waals surface area contributed by atoms with Crippen LogP contribution in [0.5, 0.6) is 0 Å². The van der Waals surface area contributed by atoms with Crippen molar-refractivity contribution in [3.05, 3.63) is 34.6 Å². The lowest BCUT2D eigenvalue weighted by Gasteiger charge is -2.28. The molecule has 20 heavy (non-hydrogen) atoms. The summed E-state index contributed by atoms with van der Waals surface area (Å²) in [5.41, 5.74) is -0.674. The number of hydrogen-bond acceptors (Lipinski definition) is 3. The van der Waals surface area contributed by atoms with Gasteiger partial charge in [0.05, 0.1) is 5.02 Å². The lowest BCUT2D eigenvalue weighted by atomic mass is 10.1. The Morgan fingerprint density at radius 1 is 1.45 bits per heavy atom. The maximum Gasteiger partial charge on any atom is 0.410 e. The lowest BCUT2D eigenvalue weighted by molar-refractivity contribution is -0.112. The number of carbonyl (C=O) groups is 2. The Morgan fingerprint density at radius 3 is 2.55 bits per heavy atom. The van der Waals surface area contributed by atoms with E-state index in [-0.39, 0.29) is 10.6 Å². The number of halogens is 2. The molecular formula is C14H17ClFNO3. The maximum absolute atomic E-state index is 13.9. The first-order chi connectivity index (χ1) is 9.17. The summed E-state index contributed by atoms with van der Waals surface area (Å²) < 4.78 is 19.1. The van der Waals surface area contributed by atoms with Crippen LogP contribution >= 0.6 is 11.6 Å². The Kier molecular flexibility index (Phi) is 5.11. The van der Waals surface area contributed by atoms with Crippen LogP contribution in [0.25, 0.3) is 0 Å². The number of rotatable bonds is 3. The van der Waals surface area contributed by atoms with Gasteiger partial charge in [0, 0.05) is 12.6 Å². The highest BCUT2D eigenvalue weighted by molar-refractivity contribution is 6.30. The third-order valence-electron chi connectivity index (χ3n) is 2.53. The second kappa shape index (κ2) is 6.22. The van der Waals surface area contributed by atoms with Gasteiger partial charge in [-0.25, -0.2) is 9.18 Å². The van der Waals surface area contributed by atoms with Gasteiger partial charge >= 0.3 is 6.09 Å². The van der Waals surface area contributed by atoms with Crippen LogP contribution in [0.3, 0.4) is 0 Å². The van der Waals surface area contributed by atoms with E-state index in [0.717, 1.165) is 4.90 Å². The van der Waals surface area contributed by atoms with Crippen LogP contribution in [-0.4, -0.2) is 29.9 Å². The molecule has 0 radical (unpaired) electrons. The van der Waals surface area contributed by atoms with Crippen molar-refractivity contribution in [3.63, 3.8) is 0 Å². The summed E-state index contributed by atoms with van der Waals surface area (Å²) in [4.78, 5) is 24.2. The highest BCUT2D eigenvalue weighted by Crippen LogP contribution is 2.26. The molecule has 1 rings (SSSR count). The number of carbonyl (C=O) groups excluding carboxylic acids is 2. The number of hydrogen-bond donors (Lipinski definition) is 0. The van der Waals surface area contributed by atoms with E-state index in [1.54, 1.807) is 20.8 Å². The van der Waals surface area contributed by atoms with Crippen LogP contribution in [-0.2, 0) is 9.53 Å². The van der Waals surface area contributed by atoms with Crippen molar-refractivity contribution in [2.45, 2.75) is 32.4 Å². The molecule has 1 aromatic rings. The average Bonchev–Trinajstić information content (AvgIpc) is 2.33. The maximum atomic E-state index is 13.9. The van der Waals surface area contributed by atoms with Crippen LogP contribution in [0.2, 0.25) is 5.02 Å². The molecule has 0 saturated heterocycles. The molecule has 4 nitrogen and oxygen atoms in total. The molecule has 0 saturated carbocycles. The normalized spacial score (nSPS) is 12.7. The summed E-state index contributed by atoms with van der Waals surface area (Å²) in [7, 11) is 1.37. The Balaban J connectivity index is 3.04. The van der Waals surface area contributed by atoms with Crippen LogP contribution in [0.15, 0.2) is 18.2 Å². The number of aldehydes is 1. The van der Waals surface area contributed by atoms with Crippen molar-refractivity contribution < 1.29 is 18.7 Å². The molecule has 0 bridgehead atoms. The molecule has 1 aromatic carbocycles. The third kappa shape index (κ3) is 3.93. The summed E-state index contributed by atoms with van der Waals surface area (Å²) in [5, 5.41) is -0.105. The first-order valence-electron chi connectivity index (χ1n) is 6.02. The van der Waals surface area contributed by atoms with E-state index in [1.807, 2.05) is 0 Å². The molecule has 1 amide bonds. The van der Waals surface area contributed by atoms with Crippen molar-refractivity contribution in [2.24, 2.45) is 0 Å². The Morgan fingerprint density at radius 2 is 2.05 bits per heavy atom. The van der Waals surface area contributed by atoms with Crippen LogP contribution in [0.4, 0.5) is 9.18 Å². The number of nitrogens with zero attached hydrogens (tertiary/aromatic N) is 1. The minimum Gasteiger partial charge on any atom is -0.444 e. The highest BCUT2D eigenvalue weighted by Gasteiger charge is 2.28. The van der Waals surface area contributed by atoms with E-state index in [1.165, 1.54) is 25.2 Å². The van der Waals surface area contributed by atoms with Crippen molar-refractivity contribution >= 4 is 24.0 Å². The summed E-state index contributed by atoms with van der Waals surface area (Å²) in [6.45, 7) is 5.11. The molecule has 0 aromatic heterocycles. The molecule has 1 unspecified atom stereocenters. The fraction of sp³-hybridized carbons (Fsp3) is 0.429. The third-order valence-corrected chi connectivity index (χ3v) is 2.82. The van der Waals surface area contributed by atoms with Crippen LogP contribution in [0.1, 0.15) is 32.4 Å². The minimum atomic E-state index is -1.09. The number of ether oxygens (including phenoxy) is 1. The van der Waals surface area contributed by atoms with E-state index in [0.29, 0.717) is 6.29 Å². The summed E-state index contributed by atoms with van der Waals surface area (Å²) in [5.74, 6) is -0.721. The topological polar surface area (TPSA) is 46.6 Å². The van der Waals surface area contributed by atoms with Crippen molar-refractivity contribution in [2.75, 3.05) is 7.05 Å². The molecule has 0 aliphatic rings. The van der Waals surface area contributed by atoms with Crippen LogP contribution < -0.4 is 0 Å². The van der Waals surface area contributed by atoms with Gasteiger partial charge in [0.2, 0.25) is 0 Å². The summed E-state index contributed by atoms with van der Waals surface area (Å²) >= 11 is 5.68. The predicted molar refractivity (Wildman–Crippen MR) is 74.2 cm³/mol. The zero-order valence-corrected chi connectivity index (χ0v) is 12.6. The molecule has 0 aliphatic heterocycles. The molecule has 110 valence electrons. The van der Waals surface area contributed by atoms with Gasteiger partial charge in [-0.3, -0.25) is 4.90 Å². The quantitative estimate of drug-likeness (QED) is 0.802. The molecule has 0 heterocycles. The average molecular weight is 302 g/mol. The zero-order chi connectivity index (χ0) is 15.5. The van der Waals surface area contributed by atoms with Gasteiger partial charge in [-0.1, -0.05) is 23.7 Å². The smallest absolute Gasteiger partial charge is 0.410 e. The molecular weight excluding hydrogens is 285 g/mol. The molecule has 0 aliphatic carbocycles. The Bertz CT molecular complexity index is 514. The van der Waals surface area contributed by atoms with Crippen molar-refractivity contribution in [1.82, 2.24) is 4.90 Å². The van der Waals surface area contributed by atoms with Gasteiger partial charge in [-0.15, -0.1) is 0 Å². The fourth-order valence-electron chi connectivity index (χ4n) is 1.57. The molecule has 0 N–H and O–H groups in total. The molecule has 0 fully saturated rings. The van der Waals surface area contributed by atoms with Gasteiger partial charge in [0.1, 0.15) is 23.7 Å².